The van der Waals surface area contributed by atoms with Crippen molar-refractivity contribution in [3.8, 4) is 0 Å². The minimum atomic E-state index is -0.575. The predicted octanol–water partition coefficient (Wildman–Crippen LogP) is 4.62. The molecular formula is C26H38N6O3. The van der Waals surface area contributed by atoms with Gasteiger partial charge in [-0.2, -0.15) is 0 Å². The molecule has 0 aliphatic rings. The van der Waals surface area contributed by atoms with E-state index in [-0.39, 0.29) is 25.0 Å². The highest BCUT2D eigenvalue weighted by molar-refractivity contribution is 6.09. The maximum absolute atomic E-state index is 12.1. The van der Waals surface area contributed by atoms with Crippen LogP contribution in [0.5, 0.6) is 0 Å². The number of benzene rings is 1. The number of aliphatic imine (C=N–C) groups is 1. The van der Waals surface area contributed by atoms with Gasteiger partial charge < -0.3 is 25.3 Å². The molecule has 0 radical (unpaired) electrons. The molecule has 1 heterocycles. The van der Waals surface area contributed by atoms with Crippen molar-refractivity contribution in [2.24, 2.45) is 10.4 Å². The minimum absolute atomic E-state index is 0.105. The molecule has 2 aromatic rings. The van der Waals surface area contributed by atoms with Crippen molar-refractivity contribution < 1.29 is 14.3 Å². The van der Waals surface area contributed by atoms with Crippen molar-refractivity contribution in [3.63, 3.8) is 0 Å². The van der Waals surface area contributed by atoms with E-state index in [1.165, 1.54) is 0 Å². The van der Waals surface area contributed by atoms with Gasteiger partial charge in [0.15, 0.2) is 11.7 Å². The van der Waals surface area contributed by atoms with Crippen LogP contribution in [0.4, 0.5) is 10.5 Å². The molecule has 0 aliphatic carbocycles. The number of carbonyl (C=O) groups is 2. The number of H-pyrrole nitrogens is 1. The largest absolute Gasteiger partial charge is 0.463 e. The van der Waals surface area contributed by atoms with Crippen LogP contribution in [0.1, 0.15) is 58.7 Å². The molecule has 9 nitrogen and oxygen atoms in total. The maximum atomic E-state index is 12.1. The van der Waals surface area contributed by atoms with Gasteiger partial charge in [0.2, 0.25) is 0 Å². The van der Waals surface area contributed by atoms with Crippen LogP contribution in [0.15, 0.2) is 47.6 Å². The number of carbonyl (C=O) groups excluding carboxylic acids is 2. The maximum Gasteiger partial charge on any atom is 0.319 e. The molecule has 190 valence electrons. The third-order valence-electron chi connectivity index (χ3n) is 4.99. The number of urea groups is 1. The lowest BCUT2D eigenvalue weighted by molar-refractivity contribution is -0.152. The molecule has 0 saturated carbocycles. The van der Waals surface area contributed by atoms with E-state index in [0.717, 1.165) is 37.5 Å². The first kappa shape index (κ1) is 27.6. The number of amides is 2. The molecule has 0 fully saturated rings. The second-order valence-corrected chi connectivity index (χ2v) is 9.20. The Kier molecular flexibility index (Phi) is 10.5. The summed E-state index contributed by atoms with van der Waals surface area (Å²) in [6, 6.07) is 10.4. The topological polar surface area (TPSA) is 123 Å². The molecule has 35 heavy (non-hydrogen) atoms. The number of aromatic amines is 1. The lowest BCUT2D eigenvalue weighted by Crippen LogP contribution is -2.34. The van der Waals surface area contributed by atoms with Gasteiger partial charge in [-0.1, -0.05) is 13.8 Å². The summed E-state index contributed by atoms with van der Waals surface area (Å²) in [6.45, 7) is 11.6. The highest BCUT2D eigenvalue weighted by atomic mass is 16.5. The number of nitrogens with zero attached hydrogens (tertiary/aromatic N) is 2. The molecule has 4 N–H and O–H groups in total. The molecule has 0 atom stereocenters. The molecule has 1 aromatic heterocycles. The smallest absolute Gasteiger partial charge is 0.319 e. The van der Waals surface area contributed by atoms with Gasteiger partial charge >= 0.3 is 12.0 Å². The fourth-order valence-corrected chi connectivity index (χ4v) is 3.22. The van der Waals surface area contributed by atoms with E-state index in [2.05, 4.69) is 39.4 Å². The van der Waals surface area contributed by atoms with E-state index in [1.54, 1.807) is 45.0 Å². The van der Waals surface area contributed by atoms with E-state index in [0.29, 0.717) is 11.3 Å². The highest BCUT2D eigenvalue weighted by Crippen LogP contribution is 2.15. The first-order valence-electron chi connectivity index (χ1n) is 12.0. The average Bonchev–Trinajstić information content (AvgIpc) is 3.34. The van der Waals surface area contributed by atoms with Crippen molar-refractivity contribution >= 4 is 29.4 Å². The lowest BCUT2D eigenvalue weighted by Gasteiger charge is -2.25. The zero-order chi connectivity index (χ0) is 25.8. The van der Waals surface area contributed by atoms with E-state index in [1.807, 2.05) is 18.3 Å². The van der Waals surface area contributed by atoms with E-state index in [9.17, 15) is 9.59 Å². The van der Waals surface area contributed by atoms with Gasteiger partial charge in [-0.05, 0) is 70.0 Å². The average molecular weight is 483 g/mol. The fourth-order valence-electron chi connectivity index (χ4n) is 3.22. The summed E-state index contributed by atoms with van der Waals surface area (Å²) in [7, 11) is 0. The van der Waals surface area contributed by atoms with Crippen LogP contribution in [0.25, 0.3) is 0 Å². The van der Waals surface area contributed by atoms with Gasteiger partial charge in [0.1, 0.15) is 6.61 Å². The van der Waals surface area contributed by atoms with Crippen molar-refractivity contribution in [3.05, 3.63) is 53.9 Å². The summed E-state index contributed by atoms with van der Waals surface area (Å²) in [5.41, 5.74) is 1.52. The first-order chi connectivity index (χ1) is 16.7. The SMILES string of the molecule is CCCN(CCC)C(=NC(=N)c1ccc(NC(=O)NCCOC(=O)C(C)(C)C)cc1)c1ccc[nH]1. The van der Waals surface area contributed by atoms with Gasteiger partial charge in [-0.15, -0.1) is 0 Å². The number of nitrogens with one attached hydrogen (secondary N) is 4. The van der Waals surface area contributed by atoms with Crippen LogP contribution in [-0.4, -0.2) is 59.8 Å². The molecule has 9 heteroatoms. The number of ether oxygens (including phenoxy) is 1. The van der Waals surface area contributed by atoms with Gasteiger partial charge in [0, 0.05) is 30.5 Å². The number of hydrogen-bond acceptors (Lipinski definition) is 4. The Morgan fingerprint density at radius 3 is 2.29 bits per heavy atom. The number of rotatable bonds is 10. The van der Waals surface area contributed by atoms with E-state index < -0.39 is 11.4 Å². The second kappa shape index (κ2) is 13.3. The number of esters is 1. The van der Waals surface area contributed by atoms with Crippen LogP contribution < -0.4 is 10.6 Å². The molecule has 0 spiro atoms. The monoisotopic (exact) mass is 482 g/mol. The van der Waals surface area contributed by atoms with Gasteiger partial charge in [0.25, 0.3) is 0 Å². The first-order valence-corrected chi connectivity index (χ1v) is 12.0. The normalized spacial score (nSPS) is 11.6. The van der Waals surface area contributed by atoms with E-state index >= 15 is 0 Å². The van der Waals surface area contributed by atoms with Gasteiger partial charge in [-0.3, -0.25) is 10.2 Å². The Labute approximate surface area is 207 Å². The molecule has 1 aromatic carbocycles. The number of hydrogen-bond donors (Lipinski definition) is 4. The van der Waals surface area contributed by atoms with Crippen molar-refractivity contribution in [2.75, 3.05) is 31.6 Å². The van der Waals surface area contributed by atoms with E-state index in [4.69, 9.17) is 10.1 Å². The quantitative estimate of drug-likeness (QED) is 0.171. The summed E-state index contributed by atoms with van der Waals surface area (Å²) in [4.78, 5) is 33.9. The summed E-state index contributed by atoms with van der Waals surface area (Å²) >= 11 is 0. The van der Waals surface area contributed by atoms with Crippen LogP contribution in [0.3, 0.4) is 0 Å². The molecule has 0 unspecified atom stereocenters. The summed E-state index contributed by atoms with van der Waals surface area (Å²) in [5, 5.41) is 13.9. The number of anilines is 1. The van der Waals surface area contributed by atoms with Crippen LogP contribution in [0.2, 0.25) is 0 Å². The highest BCUT2D eigenvalue weighted by Gasteiger charge is 2.22. The number of amidine groups is 2. The molecular weight excluding hydrogens is 444 g/mol. The molecule has 0 aliphatic heterocycles. The number of aromatic nitrogens is 1. The zero-order valence-corrected chi connectivity index (χ0v) is 21.4. The molecule has 2 amide bonds. The summed E-state index contributed by atoms with van der Waals surface area (Å²) in [6.07, 6.45) is 3.81. The molecule has 0 saturated heterocycles. The second-order valence-electron chi connectivity index (χ2n) is 9.20. The Morgan fingerprint density at radius 1 is 1.09 bits per heavy atom. The van der Waals surface area contributed by atoms with Gasteiger partial charge in [-0.25, -0.2) is 9.79 Å². The standard InChI is InChI=1S/C26H38N6O3/c1-6-16-32(17-7-2)23(21-9-8-14-28-21)31-22(27)19-10-12-20(13-11-19)30-25(34)29-15-18-35-24(33)26(3,4)5/h8-14,27-28H,6-7,15-18H2,1-5H3,(H2,29,30,34). The van der Waals surface area contributed by atoms with Crippen molar-refractivity contribution in [1.82, 2.24) is 15.2 Å². The van der Waals surface area contributed by atoms with Crippen LogP contribution in [0, 0.1) is 10.8 Å². The predicted molar refractivity (Wildman–Crippen MR) is 140 cm³/mol. The zero-order valence-electron chi connectivity index (χ0n) is 21.4. The molecule has 2 rings (SSSR count). The van der Waals surface area contributed by atoms with Crippen LogP contribution in [-0.2, 0) is 9.53 Å². The Balaban J connectivity index is 1.99. The molecule has 0 bridgehead atoms. The third kappa shape index (κ3) is 8.92. The third-order valence-corrected chi connectivity index (χ3v) is 4.99. The van der Waals surface area contributed by atoms with Gasteiger partial charge in [0.05, 0.1) is 17.7 Å². The summed E-state index contributed by atoms with van der Waals surface area (Å²) < 4.78 is 5.13. The fraction of sp³-hybridized carbons (Fsp3) is 0.462. The minimum Gasteiger partial charge on any atom is -0.463 e. The Hall–Kier alpha value is -3.62. The summed E-state index contributed by atoms with van der Waals surface area (Å²) in [5.74, 6) is 0.577. The van der Waals surface area contributed by atoms with Crippen molar-refractivity contribution in [2.45, 2.75) is 47.5 Å². The Morgan fingerprint density at radius 2 is 1.74 bits per heavy atom. The lowest BCUT2D eigenvalue weighted by atomic mass is 9.97. The van der Waals surface area contributed by atoms with Crippen LogP contribution >= 0.6 is 0 Å². The Bertz CT molecular complexity index is 985. The van der Waals surface area contributed by atoms with Crippen molar-refractivity contribution in [1.29, 1.82) is 5.41 Å².